The van der Waals surface area contributed by atoms with E-state index in [2.05, 4.69) is 34.7 Å². The van der Waals surface area contributed by atoms with Crippen LogP contribution >= 0.6 is 11.6 Å². The number of hydrogen-bond donors (Lipinski definition) is 0. The zero-order chi connectivity index (χ0) is 13.9. The predicted molar refractivity (Wildman–Crippen MR) is 82.2 cm³/mol. The van der Waals surface area contributed by atoms with Crippen molar-refractivity contribution in [2.45, 2.75) is 51.1 Å². The van der Waals surface area contributed by atoms with Crippen LogP contribution in [0.5, 0.6) is 0 Å². The summed E-state index contributed by atoms with van der Waals surface area (Å²) in [5, 5.41) is 0. The minimum Gasteiger partial charge on any atom is -0.378 e. The summed E-state index contributed by atoms with van der Waals surface area (Å²) in [5.41, 5.74) is 3.48. The van der Waals surface area contributed by atoms with Crippen LogP contribution in [0.25, 0.3) is 11.0 Å². The smallest absolute Gasteiger partial charge is 0.124 e. The van der Waals surface area contributed by atoms with Crippen LogP contribution in [0, 0.1) is 6.92 Å². The van der Waals surface area contributed by atoms with Gasteiger partial charge in [-0.25, -0.2) is 4.98 Å². The summed E-state index contributed by atoms with van der Waals surface area (Å²) < 4.78 is 8.08. The molecule has 1 aromatic heterocycles. The summed E-state index contributed by atoms with van der Waals surface area (Å²) in [6.07, 6.45) is 5.12. The van der Waals surface area contributed by atoms with Gasteiger partial charge in [0, 0.05) is 13.2 Å². The van der Waals surface area contributed by atoms with E-state index < -0.39 is 0 Å². The van der Waals surface area contributed by atoms with Gasteiger partial charge in [0.15, 0.2) is 0 Å². The van der Waals surface area contributed by atoms with Crippen LogP contribution in [0.15, 0.2) is 18.2 Å². The summed E-state index contributed by atoms with van der Waals surface area (Å²) in [7, 11) is 0. The molecular weight excluding hydrogens is 272 g/mol. The third-order valence-corrected chi connectivity index (χ3v) is 4.37. The zero-order valence-electron chi connectivity index (χ0n) is 11.9. The van der Waals surface area contributed by atoms with Crippen LogP contribution in [0.2, 0.25) is 0 Å². The fourth-order valence-electron chi connectivity index (χ4n) is 2.99. The maximum atomic E-state index is 6.06. The lowest BCUT2D eigenvalue weighted by atomic mass is 10.1. The van der Waals surface area contributed by atoms with Gasteiger partial charge in [0.25, 0.3) is 0 Å². The van der Waals surface area contributed by atoms with Crippen LogP contribution < -0.4 is 0 Å². The van der Waals surface area contributed by atoms with E-state index in [0.717, 1.165) is 30.9 Å². The van der Waals surface area contributed by atoms with Crippen molar-refractivity contribution in [2.24, 2.45) is 0 Å². The Morgan fingerprint density at radius 2 is 2.30 bits per heavy atom. The standard InChI is InChI=1S/C16H21ClN2O/c1-12-5-4-7-14-16(12)18-15(11-17)19(14)9-8-13-6-2-3-10-20-13/h4-5,7,13H,2-3,6,8-11H2,1H3. The second-order valence-corrected chi connectivity index (χ2v) is 5.80. The summed E-state index contributed by atoms with van der Waals surface area (Å²) in [6, 6.07) is 6.32. The van der Waals surface area contributed by atoms with Crippen LogP contribution in [-0.2, 0) is 17.2 Å². The fourth-order valence-corrected chi connectivity index (χ4v) is 3.20. The average molecular weight is 293 g/mol. The molecule has 3 rings (SSSR count). The van der Waals surface area contributed by atoms with Crippen molar-refractivity contribution >= 4 is 22.6 Å². The van der Waals surface area contributed by atoms with E-state index in [4.69, 9.17) is 16.3 Å². The molecular formula is C16H21ClN2O. The van der Waals surface area contributed by atoms with Crippen molar-refractivity contribution in [3.05, 3.63) is 29.6 Å². The first-order valence-electron chi connectivity index (χ1n) is 7.42. The second kappa shape index (κ2) is 6.15. The Balaban J connectivity index is 1.84. The molecule has 1 atom stereocenters. The van der Waals surface area contributed by atoms with Gasteiger partial charge in [-0.2, -0.15) is 0 Å². The summed E-state index contributed by atoms with van der Waals surface area (Å²) in [4.78, 5) is 4.68. The minimum atomic E-state index is 0.397. The van der Waals surface area contributed by atoms with Gasteiger partial charge < -0.3 is 9.30 Å². The molecule has 0 aliphatic carbocycles. The Morgan fingerprint density at radius 1 is 1.40 bits per heavy atom. The van der Waals surface area contributed by atoms with Crippen LogP contribution in [0.4, 0.5) is 0 Å². The summed E-state index contributed by atoms with van der Waals surface area (Å²) in [6.45, 7) is 3.95. The number of halogens is 1. The van der Waals surface area contributed by atoms with Crippen molar-refractivity contribution in [2.75, 3.05) is 6.61 Å². The molecule has 0 radical (unpaired) electrons. The highest BCUT2D eigenvalue weighted by molar-refractivity contribution is 6.16. The predicted octanol–water partition coefficient (Wildman–Crippen LogP) is 4.04. The Hall–Kier alpha value is -1.06. The number of aryl methyl sites for hydroxylation is 2. The van der Waals surface area contributed by atoms with Gasteiger partial charge in [0.05, 0.1) is 23.0 Å². The third kappa shape index (κ3) is 2.70. The third-order valence-electron chi connectivity index (χ3n) is 4.13. The molecule has 1 aliphatic heterocycles. The highest BCUT2D eigenvalue weighted by atomic mass is 35.5. The van der Waals surface area contributed by atoms with E-state index in [0.29, 0.717) is 12.0 Å². The normalized spacial score (nSPS) is 19.6. The molecule has 1 aliphatic rings. The van der Waals surface area contributed by atoms with Crippen molar-refractivity contribution in [3.8, 4) is 0 Å². The molecule has 1 saturated heterocycles. The molecule has 0 N–H and O–H groups in total. The fraction of sp³-hybridized carbons (Fsp3) is 0.562. The maximum Gasteiger partial charge on any atom is 0.124 e. The molecule has 2 aromatic rings. The minimum absolute atomic E-state index is 0.397. The van der Waals surface area contributed by atoms with Gasteiger partial charge in [-0.1, -0.05) is 12.1 Å². The zero-order valence-corrected chi connectivity index (χ0v) is 12.7. The molecule has 108 valence electrons. The van der Waals surface area contributed by atoms with Crippen molar-refractivity contribution in [1.29, 1.82) is 0 Å². The highest BCUT2D eigenvalue weighted by Gasteiger charge is 2.16. The number of nitrogens with zero attached hydrogens (tertiary/aromatic N) is 2. The van der Waals surface area contributed by atoms with Gasteiger partial charge in [-0.3, -0.25) is 0 Å². The molecule has 1 unspecified atom stereocenters. The Morgan fingerprint density at radius 3 is 3.05 bits per heavy atom. The second-order valence-electron chi connectivity index (χ2n) is 5.53. The molecule has 0 bridgehead atoms. The summed E-state index contributed by atoms with van der Waals surface area (Å²) >= 11 is 6.06. The van der Waals surface area contributed by atoms with E-state index in [1.165, 1.54) is 30.3 Å². The quantitative estimate of drug-likeness (QED) is 0.795. The van der Waals surface area contributed by atoms with Crippen LogP contribution in [-0.4, -0.2) is 22.3 Å². The van der Waals surface area contributed by atoms with E-state index in [-0.39, 0.29) is 0 Å². The topological polar surface area (TPSA) is 27.1 Å². The molecule has 20 heavy (non-hydrogen) atoms. The first-order valence-corrected chi connectivity index (χ1v) is 7.95. The largest absolute Gasteiger partial charge is 0.378 e. The van der Waals surface area contributed by atoms with Crippen LogP contribution in [0.3, 0.4) is 0 Å². The Labute approximate surface area is 124 Å². The number of para-hydroxylation sites is 1. The molecule has 0 spiro atoms. The first kappa shape index (κ1) is 13.9. The lowest BCUT2D eigenvalue weighted by molar-refractivity contribution is 0.00889. The van der Waals surface area contributed by atoms with Gasteiger partial charge in [-0.05, 0) is 44.2 Å². The van der Waals surface area contributed by atoms with Crippen molar-refractivity contribution < 1.29 is 4.74 Å². The SMILES string of the molecule is Cc1cccc2c1nc(CCl)n2CCC1CCCCO1. The maximum absolute atomic E-state index is 6.06. The van der Waals surface area contributed by atoms with E-state index in [1.807, 2.05) is 0 Å². The lowest BCUT2D eigenvalue weighted by Gasteiger charge is -2.23. The number of fused-ring (bicyclic) bond motifs is 1. The number of ether oxygens (including phenoxy) is 1. The molecule has 1 fully saturated rings. The number of aromatic nitrogens is 2. The van der Waals surface area contributed by atoms with Gasteiger partial charge in [0.1, 0.15) is 5.82 Å². The lowest BCUT2D eigenvalue weighted by Crippen LogP contribution is -2.21. The molecule has 0 saturated carbocycles. The Bertz CT molecular complexity index is 587. The van der Waals surface area contributed by atoms with Gasteiger partial charge in [0.2, 0.25) is 0 Å². The number of imidazole rings is 1. The van der Waals surface area contributed by atoms with E-state index in [9.17, 15) is 0 Å². The Kier molecular flexibility index (Phi) is 4.27. The molecule has 2 heterocycles. The molecule has 3 nitrogen and oxygen atoms in total. The number of benzene rings is 1. The molecule has 4 heteroatoms. The van der Waals surface area contributed by atoms with Crippen LogP contribution in [0.1, 0.15) is 37.1 Å². The molecule has 1 aromatic carbocycles. The average Bonchev–Trinajstić information content (AvgIpc) is 2.85. The van der Waals surface area contributed by atoms with Gasteiger partial charge >= 0.3 is 0 Å². The number of alkyl halides is 1. The monoisotopic (exact) mass is 292 g/mol. The van der Waals surface area contributed by atoms with Crippen molar-refractivity contribution in [1.82, 2.24) is 9.55 Å². The number of rotatable bonds is 4. The van der Waals surface area contributed by atoms with Crippen molar-refractivity contribution in [3.63, 3.8) is 0 Å². The number of hydrogen-bond acceptors (Lipinski definition) is 2. The van der Waals surface area contributed by atoms with Gasteiger partial charge in [-0.15, -0.1) is 11.6 Å². The van der Waals surface area contributed by atoms with E-state index in [1.54, 1.807) is 0 Å². The first-order chi connectivity index (χ1) is 9.79. The summed E-state index contributed by atoms with van der Waals surface area (Å²) in [5.74, 6) is 1.42. The van der Waals surface area contributed by atoms with E-state index >= 15 is 0 Å². The molecule has 0 amide bonds. The highest BCUT2D eigenvalue weighted by Crippen LogP contribution is 2.23.